The van der Waals surface area contributed by atoms with Gasteiger partial charge in [-0.3, -0.25) is 4.79 Å². The van der Waals surface area contributed by atoms with Crippen LogP contribution in [0.5, 0.6) is 0 Å². The Bertz CT molecular complexity index is 244. The van der Waals surface area contributed by atoms with Gasteiger partial charge in [-0.1, -0.05) is 0 Å². The van der Waals surface area contributed by atoms with Gasteiger partial charge in [0.2, 0.25) is 0 Å². The normalized spacial score (nSPS) is 32.5. The number of hydrogen-bond donors (Lipinski definition) is 2. The second-order valence-corrected chi connectivity index (χ2v) is 3.31. The van der Waals surface area contributed by atoms with Crippen molar-refractivity contribution in [2.45, 2.75) is 37.8 Å². The molecule has 0 aromatic heterocycles. The van der Waals surface area contributed by atoms with Gasteiger partial charge in [-0.15, -0.1) is 0 Å². The number of rotatable bonds is 1. The number of amides is 1. The Balaban J connectivity index is 2.54. The summed E-state index contributed by atoms with van der Waals surface area (Å²) in [5.74, 6) is -2.05. The molecule has 0 aromatic carbocycles. The number of alkyl halides is 3. The highest BCUT2D eigenvalue weighted by Gasteiger charge is 2.42. The Labute approximate surface area is 84.4 Å². The number of halogens is 3. The minimum absolute atomic E-state index is 0.0489. The Morgan fingerprint density at radius 3 is 2.73 bits per heavy atom. The summed E-state index contributed by atoms with van der Waals surface area (Å²) in [5, 5.41) is 11.1. The van der Waals surface area contributed by atoms with Crippen LogP contribution in [-0.4, -0.2) is 35.4 Å². The first-order chi connectivity index (χ1) is 6.82. The van der Waals surface area contributed by atoms with E-state index in [1.807, 2.05) is 0 Å². The highest BCUT2D eigenvalue weighted by Crippen LogP contribution is 2.20. The smallest absolute Gasteiger partial charge is 0.388 e. The van der Waals surface area contributed by atoms with Crippen LogP contribution in [0.15, 0.2) is 0 Å². The fourth-order valence-corrected chi connectivity index (χ4v) is 1.25. The predicted molar refractivity (Wildman–Crippen MR) is 43.5 cm³/mol. The molecule has 0 saturated carbocycles. The van der Waals surface area contributed by atoms with Crippen LogP contribution in [0.25, 0.3) is 0 Å². The number of aliphatic hydroxyl groups excluding tert-OH is 1. The quantitative estimate of drug-likeness (QED) is 0.679. The number of carbonyl (C=O) groups is 1. The van der Waals surface area contributed by atoms with Crippen LogP contribution in [0.4, 0.5) is 13.2 Å². The third kappa shape index (κ3) is 3.07. The van der Waals surface area contributed by atoms with E-state index in [0.717, 1.165) is 0 Å². The molecule has 4 nitrogen and oxygen atoms in total. The van der Waals surface area contributed by atoms with Crippen LogP contribution in [0, 0.1) is 6.61 Å². The van der Waals surface area contributed by atoms with Gasteiger partial charge < -0.3 is 15.2 Å². The molecule has 87 valence electrons. The van der Waals surface area contributed by atoms with Crippen LogP contribution >= 0.6 is 0 Å². The number of carbonyl (C=O) groups excluding carboxylic acids is 1. The van der Waals surface area contributed by atoms with Crippen LogP contribution in [0.1, 0.15) is 13.3 Å². The average Bonchev–Trinajstić information content (AvgIpc) is 2.11. The number of aliphatic hydroxyl groups is 1. The lowest BCUT2D eigenvalue weighted by Crippen LogP contribution is -2.54. The zero-order valence-corrected chi connectivity index (χ0v) is 7.91. The summed E-state index contributed by atoms with van der Waals surface area (Å²) in [6, 6.07) is -0.956. The van der Waals surface area contributed by atoms with Crippen LogP contribution in [-0.2, 0) is 9.53 Å². The molecule has 3 atom stereocenters. The van der Waals surface area contributed by atoms with Crippen molar-refractivity contribution >= 4 is 5.91 Å². The van der Waals surface area contributed by atoms with Crippen molar-refractivity contribution in [2.75, 3.05) is 0 Å². The molecule has 7 heteroatoms. The maximum Gasteiger partial charge on any atom is 0.471 e. The van der Waals surface area contributed by atoms with E-state index in [4.69, 9.17) is 4.74 Å². The summed E-state index contributed by atoms with van der Waals surface area (Å²) >= 11 is 0. The molecule has 0 aliphatic carbocycles. The van der Waals surface area contributed by atoms with Crippen molar-refractivity contribution in [3.8, 4) is 0 Å². The fraction of sp³-hybridized carbons (Fsp3) is 0.750. The SMILES string of the molecule is C[C@@H]1O[CH]C[C@H](NC(=O)C(F)(F)F)[C@H]1O. The first-order valence-corrected chi connectivity index (χ1v) is 4.35. The van der Waals surface area contributed by atoms with E-state index in [1.54, 1.807) is 5.32 Å². The first kappa shape index (κ1) is 12.3. The molecule has 1 heterocycles. The van der Waals surface area contributed by atoms with E-state index >= 15 is 0 Å². The van der Waals surface area contributed by atoms with Gasteiger partial charge in [0.05, 0.1) is 18.8 Å². The fourth-order valence-electron chi connectivity index (χ4n) is 1.25. The molecular formula is C8H11F3NO3. The minimum Gasteiger partial charge on any atom is -0.388 e. The molecule has 0 unspecified atom stereocenters. The molecule has 2 N–H and O–H groups in total. The molecule has 15 heavy (non-hydrogen) atoms. The lowest BCUT2D eigenvalue weighted by Gasteiger charge is -2.33. The van der Waals surface area contributed by atoms with Crippen LogP contribution < -0.4 is 5.32 Å². The number of hydrogen-bond acceptors (Lipinski definition) is 3. The lowest BCUT2D eigenvalue weighted by atomic mass is 10.0. The van der Waals surface area contributed by atoms with Crippen molar-refractivity contribution in [1.29, 1.82) is 0 Å². The van der Waals surface area contributed by atoms with E-state index in [9.17, 15) is 23.1 Å². The lowest BCUT2D eigenvalue weighted by molar-refractivity contribution is -0.176. The number of ether oxygens (including phenoxy) is 1. The molecule has 1 amide bonds. The second-order valence-electron chi connectivity index (χ2n) is 3.31. The van der Waals surface area contributed by atoms with Gasteiger partial charge >= 0.3 is 12.1 Å². The molecule has 0 spiro atoms. The highest BCUT2D eigenvalue weighted by molar-refractivity contribution is 5.82. The summed E-state index contributed by atoms with van der Waals surface area (Å²) in [4.78, 5) is 10.6. The monoisotopic (exact) mass is 226 g/mol. The molecule has 1 saturated heterocycles. The standard InChI is InChI=1S/C8H11F3NO3/c1-4-6(13)5(2-3-15-4)12-7(14)8(9,10)11/h3-6,13H,2H2,1H3,(H,12,14)/t4-,5-,6-/m0/s1. The Morgan fingerprint density at radius 2 is 2.20 bits per heavy atom. The minimum atomic E-state index is -4.93. The van der Waals surface area contributed by atoms with Crippen molar-refractivity contribution < 1.29 is 27.8 Å². The van der Waals surface area contributed by atoms with Crippen LogP contribution in [0.3, 0.4) is 0 Å². The van der Waals surface area contributed by atoms with Crippen molar-refractivity contribution in [3.63, 3.8) is 0 Å². The largest absolute Gasteiger partial charge is 0.471 e. The Morgan fingerprint density at radius 1 is 1.60 bits per heavy atom. The van der Waals surface area contributed by atoms with E-state index in [0.29, 0.717) is 0 Å². The van der Waals surface area contributed by atoms with E-state index in [1.165, 1.54) is 13.5 Å². The van der Waals surface area contributed by atoms with E-state index < -0.39 is 30.3 Å². The van der Waals surface area contributed by atoms with Gasteiger partial charge in [-0.05, 0) is 13.3 Å². The van der Waals surface area contributed by atoms with Gasteiger partial charge in [0.15, 0.2) is 0 Å². The third-order valence-corrected chi connectivity index (χ3v) is 2.13. The second kappa shape index (κ2) is 4.36. The molecule has 1 aliphatic rings. The maximum atomic E-state index is 11.9. The van der Waals surface area contributed by atoms with Crippen LogP contribution in [0.2, 0.25) is 0 Å². The van der Waals surface area contributed by atoms with Gasteiger partial charge in [-0.2, -0.15) is 13.2 Å². The molecule has 1 aliphatic heterocycles. The Hall–Kier alpha value is -0.820. The zero-order chi connectivity index (χ0) is 11.6. The molecule has 0 bridgehead atoms. The molecular weight excluding hydrogens is 215 g/mol. The Kier molecular flexibility index (Phi) is 3.56. The van der Waals surface area contributed by atoms with E-state index in [2.05, 4.69) is 0 Å². The van der Waals surface area contributed by atoms with Crippen molar-refractivity contribution in [3.05, 3.63) is 6.61 Å². The maximum absolute atomic E-state index is 11.9. The van der Waals surface area contributed by atoms with Gasteiger partial charge in [0.25, 0.3) is 0 Å². The van der Waals surface area contributed by atoms with Crippen molar-refractivity contribution in [2.24, 2.45) is 0 Å². The summed E-state index contributed by atoms with van der Waals surface area (Å²) < 4.78 is 40.6. The van der Waals surface area contributed by atoms with Gasteiger partial charge in [0, 0.05) is 0 Å². The summed E-state index contributed by atoms with van der Waals surface area (Å²) in [7, 11) is 0. The zero-order valence-electron chi connectivity index (χ0n) is 7.91. The topological polar surface area (TPSA) is 58.6 Å². The molecule has 1 fully saturated rings. The predicted octanol–water partition coefficient (Wildman–Crippen LogP) is 0.365. The summed E-state index contributed by atoms with van der Waals surface area (Å²) in [6.45, 7) is 2.78. The first-order valence-electron chi connectivity index (χ1n) is 4.35. The average molecular weight is 226 g/mol. The van der Waals surface area contributed by atoms with Gasteiger partial charge in [0.1, 0.15) is 6.10 Å². The van der Waals surface area contributed by atoms with Gasteiger partial charge in [-0.25, -0.2) is 0 Å². The summed E-state index contributed by atoms with van der Waals surface area (Å²) in [5.41, 5.74) is 0. The van der Waals surface area contributed by atoms with Crippen molar-refractivity contribution in [1.82, 2.24) is 5.32 Å². The third-order valence-electron chi connectivity index (χ3n) is 2.13. The highest BCUT2D eigenvalue weighted by atomic mass is 19.4. The molecule has 1 rings (SSSR count). The molecule has 1 radical (unpaired) electrons. The summed E-state index contributed by atoms with van der Waals surface area (Å²) in [6.07, 6.45) is -6.65. The van der Waals surface area contributed by atoms with E-state index in [-0.39, 0.29) is 6.42 Å². The number of nitrogens with one attached hydrogen (secondary N) is 1. The molecule has 0 aromatic rings.